The Morgan fingerprint density at radius 1 is 1.15 bits per heavy atom. The van der Waals surface area contributed by atoms with Crippen LogP contribution in [0.5, 0.6) is 5.75 Å². The first-order chi connectivity index (χ1) is 13.0. The number of aliphatic hydroxyl groups excluding tert-OH is 1. The number of rotatable bonds is 4. The van der Waals surface area contributed by atoms with Crippen molar-refractivity contribution < 1.29 is 19.7 Å². The van der Waals surface area contributed by atoms with Gasteiger partial charge in [0.15, 0.2) is 0 Å². The maximum atomic E-state index is 11.4. The summed E-state index contributed by atoms with van der Waals surface area (Å²) in [6.07, 6.45) is 4.63. The van der Waals surface area contributed by atoms with Crippen LogP contribution in [0.1, 0.15) is 36.0 Å². The summed E-state index contributed by atoms with van der Waals surface area (Å²) in [7, 11) is 0. The van der Waals surface area contributed by atoms with Crippen molar-refractivity contribution in [2.75, 3.05) is 0 Å². The van der Waals surface area contributed by atoms with Crippen molar-refractivity contribution in [1.82, 2.24) is 4.98 Å². The molecular weight excluding hydrogens is 366 g/mol. The molecule has 2 atom stereocenters. The number of nitrogens with one attached hydrogen (secondary N) is 1. The monoisotopic (exact) mass is 385 g/mol. The van der Waals surface area contributed by atoms with E-state index in [4.69, 9.17) is 16.3 Å². The van der Waals surface area contributed by atoms with Crippen LogP contribution in [0.4, 0.5) is 0 Å². The summed E-state index contributed by atoms with van der Waals surface area (Å²) >= 11 is 6.41. The summed E-state index contributed by atoms with van der Waals surface area (Å²) in [5.74, 6) is -0.279. The average Bonchev–Trinajstić information content (AvgIpc) is 3.06. The molecule has 1 fully saturated rings. The van der Waals surface area contributed by atoms with Gasteiger partial charge >= 0.3 is 5.97 Å². The van der Waals surface area contributed by atoms with Crippen LogP contribution in [0.3, 0.4) is 0 Å². The topological polar surface area (TPSA) is 82.5 Å². The second-order valence-electron chi connectivity index (χ2n) is 6.92. The maximum absolute atomic E-state index is 11.4. The van der Waals surface area contributed by atoms with Gasteiger partial charge in [0, 0.05) is 22.7 Å². The lowest BCUT2D eigenvalue weighted by Gasteiger charge is -2.28. The van der Waals surface area contributed by atoms with E-state index in [2.05, 4.69) is 4.98 Å². The molecule has 27 heavy (non-hydrogen) atoms. The Hall–Kier alpha value is -2.50. The zero-order chi connectivity index (χ0) is 19.0. The molecule has 3 aromatic rings. The molecule has 4 rings (SSSR count). The van der Waals surface area contributed by atoms with E-state index in [0.29, 0.717) is 21.7 Å². The van der Waals surface area contributed by atoms with Crippen LogP contribution < -0.4 is 4.74 Å². The van der Waals surface area contributed by atoms with Crippen molar-refractivity contribution in [3.63, 3.8) is 0 Å². The van der Waals surface area contributed by atoms with Crippen molar-refractivity contribution in [2.45, 2.75) is 37.9 Å². The Labute approximate surface area is 161 Å². The third kappa shape index (κ3) is 3.53. The maximum Gasteiger partial charge on any atom is 0.337 e. The lowest BCUT2D eigenvalue weighted by atomic mass is 9.95. The Morgan fingerprint density at radius 3 is 2.59 bits per heavy atom. The van der Waals surface area contributed by atoms with E-state index in [1.165, 1.54) is 6.20 Å². The fourth-order valence-electron chi connectivity index (χ4n) is 3.64. The zero-order valence-electron chi connectivity index (χ0n) is 14.6. The molecule has 5 nitrogen and oxygen atoms in total. The predicted octanol–water partition coefficient (Wildman–Crippen LogP) is 4.87. The molecule has 1 aliphatic carbocycles. The van der Waals surface area contributed by atoms with Gasteiger partial charge in [0.25, 0.3) is 0 Å². The molecular formula is C21H20ClNO4. The number of carboxylic acids is 1. The number of halogens is 1. The van der Waals surface area contributed by atoms with Gasteiger partial charge in [0.05, 0.1) is 16.7 Å². The number of aromatic amines is 1. The molecule has 0 unspecified atom stereocenters. The third-order valence-corrected chi connectivity index (χ3v) is 5.43. The summed E-state index contributed by atoms with van der Waals surface area (Å²) in [5, 5.41) is 20.5. The number of benzene rings is 2. The van der Waals surface area contributed by atoms with E-state index >= 15 is 0 Å². The van der Waals surface area contributed by atoms with Crippen LogP contribution in [-0.2, 0) is 0 Å². The minimum Gasteiger partial charge on any atom is -0.488 e. The van der Waals surface area contributed by atoms with Gasteiger partial charge in [-0.25, -0.2) is 4.79 Å². The number of H-pyrrole nitrogens is 1. The highest BCUT2D eigenvalue weighted by molar-refractivity contribution is 6.34. The van der Waals surface area contributed by atoms with Gasteiger partial charge < -0.3 is 19.9 Å². The van der Waals surface area contributed by atoms with Gasteiger partial charge in [-0.05, 0) is 49.1 Å². The normalized spacial score (nSPS) is 19.9. The summed E-state index contributed by atoms with van der Waals surface area (Å²) in [6.45, 7) is 0. The quantitative estimate of drug-likeness (QED) is 0.598. The van der Waals surface area contributed by atoms with Gasteiger partial charge in [-0.15, -0.1) is 0 Å². The summed E-state index contributed by atoms with van der Waals surface area (Å²) in [6, 6.07) is 11.0. The van der Waals surface area contributed by atoms with Crippen molar-refractivity contribution in [1.29, 1.82) is 0 Å². The lowest BCUT2D eigenvalue weighted by molar-refractivity contribution is 0.00688. The fraction of sp³-hybridized carbons (Fsp3) is 0.286. The van der Waals surface area contributed by atoms with Crippen LogP contribution in [0.15, 0.2) is 42.6 Å². The van der Waals surface area contributed by atoms with Gasteiger partial charge in [-0.3, -0.25) is 0 Å². The van der Waals surface area contributed by atoms with Gasteiger partial charge in [0.1, 0.15) is 11.9 Å². The first kappa shape index (κ1) is 17.9. The molecule has 0 amide bonds. The third-order valence-electron chi connectivity index (χ3n) is 5.12. The Kier molecular flexibility index (Phi) is 4.81. The number of aliphatic hydroxyl groups is 1. The Balaban J connectivity index is 1.62. The minimum absolute atomic E-state index is 0.164. The summed E-state index contributed by atoms with van der Waals surface area (Å²) in [5.41, 5.74) is 2.54. The van der Waals surface area contributed by atoms with Crippen molar-refractivity contribution in [3.8, 4) is 16.9 Å². The number of aromatic carboxylic acids is 1. The first-order valence-electron chi connectivity index (χ1n) is 9.02. The van der Waals surface area contributed by atoms with Crippen molar-refractivity contribution >= 4 is 28.5 Å². The zero-order valence-corrected chi connectivity index (χ0v) is 15.4. The molecule has 140 valence electrons. The molecule has 1 aromatic heterocycles. The summed E-state index contributed by atoms with van der Waals surface area (Å²) < 4.78 is 5.93. The van der Waals surface area contributed by atoms with Crippen LogP contribution >= 0.6 is 11.6 Å². The number of fused-ring (bicyclic) bond motifs is 1. The van der Waals surface area contributed by atoms with Crippen molar-refractivity contribution in [2.24, 2.45) is 0 Å². The summed E-state index contributed by atoms with van der Waals surface area (Å²) in [4.78, 5) is 14.3. The number of hydrogen-bond acceptors (Lipinski definition) is 3. The highest BCUT2D eigenvalue weighted by Crippen LogP contribution is 2.34. The number of carbonyl (C=O) groups is 1. The number of carboxylic acid groups (broad SMARTS) is 1. The molecule has 1 heterocycles. The van der Waals surface area contributed by atoms with Crippen LogP contribution in [0, 0.1) is 0 Å². The average molecular weight is 386 g/mol. The predicted molar refractivity (Wildman–Crippen MR) is 105 cm³/mol. The van der Waals surface area contributed by atoms with Crippen LogP contribution in [0.2, 0.25) is 5.02 Å². The highest BCUT2D eigenvalue weighted by atomic mass is 35.5. The smallest absolute Gasteiger partial charge is 0.337 e. The lowest BCUT2D eigenvalue weighted by Crippen LogP contribution is -2.34. The second-order valence-corrected chi connectivity index (χ2v) is 7.32. The number of aromatic nitrogens is 1. The van der Waals surface area contributed by atoms with E-state index in [9.17, 15) is 15.0 Å². The second kappa shape index (κ2) is 7.25. The van der Waals surface area contributed by atoms with Crippen molar-refractivity contribution in [3.05, 3.63) is 53.2 Å². The fourth-order valence-corrected chi connectivity index (χ4v) is 3.92. The SMILES string of the molecule is O=C(O)c1c[nH]c2cc(Cl)c(-c3ccc(O[C@H]4CCCC[C@@H]4O)cc3)cc12. The molecule has 2 aromatic carbocycles. The van der Waals surface area contributed by atoms with Gasteiger partial charge in [-0.2, -0.15) is 0 Å². The Morgan fingerprint density at radius 2 is 1.89 bits per heavy atom. The Bertz CT molecular complexity index is 980. The first-order valence-corrected chi connectivity index (χ1v) is 9.40. The van der Waals surface area contributed by atoms with E-state index < -0.39 is 12.1 Å². The molecule has 6 heteroatoms. The number of hydrogen-bond donors (Lipinski definition) is 3. The van der Waals surface area contributed by atoms with E-state index in [1.54, 1.807) is 12.1 Å². The molecule has 0 spiro atoms. The van der Waals surface area contributed by atoms with Gasteiger partial charge in [-0.1, -0.05) is 30.2 Å². The molecule has 1 aliphatic rings. The molecule has 0 bridgehead atoms. The van der Waals surface area contributed by atoms with E-state index in [0.717, 1.165) is 36.8 Å². The molecule has 3 N–H and O–H groups in total. The minimum atomic E-state index is -0.982. The molecule has 0 aliphatic heterocycles. The van der Waals surface area contributed by atoms with Crippen LogP contribution in [-0.4, -0.2) is 33.4 Å². The molecule has 1 saturated carbocycles. The van der Waals surface area contributed by atoms with E-state index in [-0.39, 0.29) is 11.7 Å². The molecule has 0 radical (unpaired) electrons. The molecule has 0 saturated heterocycles. The number of ether oxygens (including phenoxy) is 1. The van der Waals surface area contributed by atoms with Gasteiger partial charge in [0.2, 0.25) is 0 Å². The highest BCUT2D eigenvalue weighted by Gasteiger charge is 2.24. The standard InChI is InChI=1S/C21H20ClNO4/c22-17-10-18-15(16(11-23-18)21(25)26)9-14(17)12-5-7-13(8-6-12)27-20-4-2-1-3-19(20)24/h5-11,19-20,23-24H,1-4H2,(H,25,26)/t19-,20-/m0/s1. The largest absolute Gasteiger partial charge is 0.488 e. The van der Waals surface area contributed by atoms with E-state index in [1.807, 2.05) is 24.3 Å². The van der Waals surface area contributed by atoms with Crippen LogP contribution in [0.25, 0.3) is 22.0 Å².